The van der Waals surface area contributed by atoms with Crippen LogP contribution in [0.1, 0.15) is 22.7 Å². The topological polar surface area (TPSA) is 62.6 Å². The minimum Gasteiger partial charge on any atom is -0.472 e. The van der Waals surface area contributed by atoms with Gasteiger partial charge in [-0.25, -0.2) is 13.1 Å². The average molecular weight is 381 g/mol. The van der Waals surface area contributed by atoms with Crippen molar-refractivity contribution in [3.05, 3.63) is 53.5 Å². The second-order valence-corrected chi connectivity index (χ2v) is 9.31. The molecular formula is C18H24N2O3S2. The van der Waals surface area contributed by atoms with Crippen molar-refractivity contribution < 1.29 is 12.8 Å². The van der Waals surface area contributed by atoms with Crippen LogP contribution in [0.5, 0.6) is 0 Å². The molecule has 1 aliphatic rings. The summed E-state index contributed by atoms with van der Waals surface area (Å²) in [7, 11) is -3.54. The summed E-state index contributed by atoms with van der Waals surface area (Å²) in [6.45, 7) is 6.13. The van der Waals surface area contributed by atoms with E-state index in [1.807, 2.05) is 37.7 Å². The molecule has 0 aliphatic carbocycles. The molecule has 25 heavy (non-hydrogen) atoms. The van der Waals surface area contributed by atoms with Gasteiger partial charge in [-0.05, 0) is 43.2 Å². The lowest BCUT2D eigenvalue weighted by Gasteiger charge is -2.33. The van der Waals surface area contributed by atoms with Crippen molar-refractivity contribution >= 4 is 21.8 Å². The fraction of sp³-hybridized carbons (Fsp3) is 0.444. The van der Waals surface area contributed by atoms with Crippen LogP contribution in [0, 0.1) is 13.8 Å². The fourth-order valence-electron chi connectivity index (χ4n) is 2.96. The number of hydrogen-bond acceptors (Lipinski definition) is 5. The Kier molecular flexibility index (Phi) is 5.89. The Morgan fingerprint density at radius 1 is 1.20 bits per heavy atom. The zero-order valence-electron chi connectivity index (χ0n) is 14.6. The standard InChI is InChI=1S/C18H24N2O3S2/c1-14-3-4-17(11-15(14)2)25(21,22)19-12-18(16-5-8-23-13-16)20-6-9-24-10-7-20/h3-5,8,11,13,18-19H,6-7,9-10,12H2,1-2H3/t18-/m0/s1. The number of hydrogen-bond donors (Lipinski definition) is 1. The van der Waals surface area contributed by atoms with Crippen molar-refractivity contribution in [3.8, 4) is 0 Å². The van der Waals surface area contributed by atoms with E-state index >= 15 is 0 Å². The minimum absolute atomic E-state index is 0.0130. The maximum atomic E-state index is 12.7. The summed E-state index contributed by atoms with van der Waals surface area (Å²) < 4.78 is 33.4. The Balaban J connectivity index is 1.76. The molecule has 1 saturated heterocycles. The largest absolute Gasteiger partial charge is 0.472 e. The Labute approximate surface area is 153 Å². The maximum Gasteiger partial charge on any atom is 0.240 e. The number of furan rings is 1. The first-order valence-corrected chi connectivity index (χ1v) is 11.0. The summed E-state index contributed by atoms with van der Waals surface area (Å²) in [5.74, 6) is 2.14. The molecular weight excluding hydrogens is 356 g/mol. The molecule has 0 spiro atoms. The van der Waals surface area contributed by atoms with Gasteiger partial charge >= 0.3 is 0 Å². The third-order valence-corrected chi connectivity index (χ3v) is 7.03. The Morgan fingerprint density at radius 3 is 2.60 bits per heavy atom. The predicted molar refractivity (Wildman–Crippen MR) is 101 cm³/mol. The van der Waals surface area contributed by atoms with Crippen molar-refractivity contribution in [3.63, 3.8) is 0 Å². The molecule has 0 bridgehead atoms. The number of rotatable bonds is 6. The van der Waals surface area contributed by atoms with Gasteiger partial charge in [-0.2, -0.15) is 11.8 Å². The van der Waals surface area contributed by atoms with Crippen LogP contribution in [0.2, 0.25) is 0 Å². The lowest BCUT2D eigenvalue weighted by Crippen LogP contribution is -2.41. The van der Waals surface area contributed by atoms with Crippen LogP contribution in [0.4, 0.5) is 0 Å². The molecule has 7 heteroatoms. The van der Waals surface area contributed by atoms with Gasteiger partial charge in [0, 0.05) is 36.7 Å². The number of nitrogens with zero attached hydrogens (tertiary/aromatic N) is 1. The van der Waals surface area contributed by atoms with Crippen molar-refractivity contribution in [1.29, 1.82) is 0 Å². The normalized spacial score (nSPS) is 17.5. The predicted octanol–water partition coefficient (Wildman–Crippen LogP) is 2.96. The third-order valence-electron chi connectivity index (χ3n) is 4.67. The van der Waals surface area contributed by atoms with Gasteiger partial charge in [0.1, 0.15) is 0 Å². The highest BCUT2D eigenvalue weighted by molar-refractivity contribution is 7.99. The molecule has 0 amide bonds. The molecule has 1 fully saturated rings. The molecule has 5 nitrogen and oxygen atoms in total. The van der Waals surface area contributed by atoms with Crippen molar-refractivity contribution in [2.45, 2.75) is 24.8 Å². The molecule has 2 aromatic rings. The van der Waals surface area contributed by atoms with Gasteiger partial charge in [0.15, 0.2) is 0 Å². The first-order chi connectivity index (χ1) is 12.0. The van der Waals surface area contributed by atoms with E-state index in [1.54, 1.807) is 24.7 Å². The van der Waals surface area contributed by atoms with Crippen LogP contribution in [0.3, 0.4) is 0 Å². The van der Waals surface area contributed by atoms with Gasteiger partial charge < -0.3 is 4.42 Å². The lowest BCUT2D eigenvalue weighted by molar-refractivity contribution is 0.218. The minimum atomic E-state index is -3.54. The zero-order chi connectivity index (χ0) is 17.9. The van der Waals surface area contributed by atoms with Crippen molar-refractivity contribution in [1.82, 2.24) is 9.62 Å². The first kappa shape index (κ1) is 18.5. The van der Waals surface area contributed by atoms with Gasteiger partial charge in [-0.15, -0.1) is 0 Å². The highest BCUT2D eigenvalue weighted by Crippen LogP contribution is 2.25. The van der Waals surface area contributed by atoms with Crippen LogP contribution < -0.4 is 4.72 Å². The van der Waals surface area contributed by atoms with Crippen LogP contribution in [0.25, 0.3) is 0 Å². The maximum absolute atomic E-state index is 12.7. The SMILES string of the molecule is Cc1ccc(S(=O)(=O)NC[C@@H](c2ccoc2)N2CCSCC2)cc1C. The molecule has 1 aliphatic heterocycles. The average Bonchev–Trinajstić information content (AvgIpc) is 3.12. The van der Waals surface area contributed by atoms with Crippen LogP contribution >= 0.6 is 11.8 Å². The van der Waals surface area contributed by atoms with E-state index in [1.165, 1.54) is 0 Å². The van der Waals surface area contributed by atoms with E-state index in [0.717, 1.165) is 41.3 Å². The molecule has 0 saturated carbocycles. The number of aryl methyl sites for hydroxylation is 2. The lowest BCUT2D eigenvalue weighted by atomic mass is 10.1. The summed E-state index contributed by atoms with van der Waals surface area (Å²) >= 11 is 1.93. The second-order valence-electron chi connectivity index (χ2n) is 6.32. The molecule has 2 heterocycles. The Morgan fingerprint density at radius 2 is 1.96 bits per heavy atom. The summed E-state index contributed by atoms with van der Waals surface area (Å²) in [4.78, 5) is 2.64. The van der Waals surface area contributed by atoms with Crippen LogP contribution in [0.15, 0.2) is 46.1 Å². The fourth-order valence-corrected chi connectivity index (χ4v) is 5.02. The third kappa shape index (κ3) is 4.47. The van der Waals surface area contributed by atoms with E-state index < -0.39 is 10.0 Å². The monoisotopic (exact) mass is 380 g/mol. The van der Waals surface area contributed by atoms with Crippen LogP contribution in [-0.2, 0) is 10.0 Å². The quantitative estimate of drug-likeness (QED) is 0.835. The zero-order valence-corrected chi connectivity index (χ0v) is 16.2. The van der Waals surface area contributed by atoms with E-state index in [0.29, 0.717) is 11.4 Å². The molecule has 0 unspecified atom stereocenters. The van der Waals surface area contributed by atoms with E-state index in [-0.39, 0.29) is 6.04 Å². The Bertz CT molecular complexity index is 798. The number of benzene rings is 1. The molecule has 1 aromatic heterocycles. The molecule has 0 radical (unpaired) electrons. The van der Waals surface area contributed by atoms with Gasteiger partial charge in [0.05, 0.1) is 23.5 Å². The van der Waals surface area contributed by atoms with Gasteiger partial charge in [0.2, 0.25) is 10.0 Å². The molecule has 1 aromatic carbocycles. The number of sulfonamides is 1. The summed E-state index contributed by atoms with van der Waals surface area (Å²) in [6.07, 6.45) is 3.34. The molecule has 3 rings (SSSR count). The summed E-state index contributed by atoms with van der Waals surface area (Å²) in [5.41, 5.74) is 3.07. The van der Waals surface area contributed by atoms with Crippen molar-refractivity contribution in [2.75, 3.05) is 31.1 Å². The smallest absolute Gasteiger partial charge is 0.240 e. The first-order valence-electron chi connectivity index (χ1n) is 8.38. The summed E-state index contributed by atoms with van der Waals surface area (Å²) in [6, 6.07) is 7.13. The van der Waals surface area contributed by atoms with E-state index in [4.69, 9.17) is 4.42 Å². The number of thioether (sulfide) groups is 1. The highest BCUT2D eigenvalue weighted by Gasteiger charge is 2.25. The van der Waals surface area contributed by atoms with Gasteiger partial charge in [0.25, 0.3) is 0 Å². The molecule has 1 N–H and O–H groups in total. The Hall–Kier alpha value is -1.28. The second kappa shape index (κ2) is 7.95. The summed E-state index contributed by atoms with van der Waals surface area (Å²) in [5, 5.41) is 0. The van der Waals surface area contributed by atoms with Crippen LogP contribution in [-0.4, -0.2) is 44.5 Å². The van der Waals surface area contributed by atoms with Gasteiger partial charge in [-0.3, -0.25) is 4.90 Å². The highest BCUT2D eigenvalue weighted by atomic mass is 32.2. The van der Waals surface area contributed by atoms with Crippen molar-refractivity contribution in [2.24, 2.45) is 0 Å². The molecule has 1 atom stereocenters. The van der Waals surface area contributed by atoms with E-state index in [2.05, 4.69) is 9.62 Å². The number of nitrogens with one attached hydrogen (secondary N) is 1. The van der Waals surface area contributed by atoms with E-state index in [9.17, 15) is 8.42 Å². The van der Waals surface area contributed by atoms with Gasteiger partial charge in [-0.1, -0.05) is 6.07 Å². The molecule has 136 valence electrons.